The zero-order valence-electron chi connectivity index (χ0n) is 10.6. The van der Waals surface area contributed by atoms with Gasteiger partial charge in [0.15, 0.2) is 0 Å². The van der Waals surface area contributed by atoms with Gasteiger partial charge in [-0.25, -0.2) is 18.2 Å². The van der Waals surface area contributed by atoms with Crippen molar-refractivity contribution in [2.75, 3.05) is 11.8 Å². The van der Waals surface area contributed by atoms with Gasteiger partial charge < -0.3 is 4.74 Å². The molecule has 0 aliphatic rings. The molecule has 0 atom stereocenters. The number of rotatable bonds is 4. The van der Waals surface area contributed by atoms with Crippen LogP contribution in [0, 0.1) is 0 Å². The molecule has 1 N–H and O–H groups in total. The van der Waals surface area contributed by atoms with Crippen molar-refractivity contribution in [2.45, 2.75) is 4.90 Å². The minimum absolute atomic E-state index is 0.0292. The molecule has 20 heavy (non-hydrogen) atoms. The summed E-state index contributed by atoms with van der Waals surface area (Å²) in [5.41, 5.74) is -0.0292. The lowest BCUT2D eigenvalue weighted by Crippen LogP contribution is -2.18. The van der Waals surface area contributed by atoms with E-state index in [0.717, 1.165) is 0 Å². The first kappa shape index (κ1) is 14.0. The molecule has 0 unspecified atom stereocenters. The van der Waals surface area contributed by atoms with Gasteiger partial charge in [-0.05, 0) is 24.3 Å². The maximum Gasteiger partial charge on any atom is 0.339 e. The molecule has 1 heterocycles. The third-order valence-electron chi connectivity index (χ3n) is 2.49. The maximum atomic E-state index is 12.3. The summed E-state index contributed by atoms with van der Waals surface area (Å²) >= 11 is 0. The molecule has 0 amide bonds. The molecule has 0 radical (unpaired) electrons. The van der Waals surface area contributed by atoms with Gasteiger partial charge in [0.25, 0.3) is 10.0 Å². The number of anilines is 1. The van der Waals surface area contributed by atoms with Crippen molar-refractivity contribution in [1.82, 2.24) is 4.98 Å². The number of nitrogens with zero attached hydrogens (tertiary/aromatic N) is 1. The molecule has 2 aromatic rings. The monoisotopic (exact) mass is 292 g/mol. The van der Waals surface area contributed by atoms with E-state index in [9.17, 15) is 13.2 Å². The van der Waals surface area contributed by atoms with Crippen molar-refractivity contribution in [3.63, 3.8) is 0 Å². The highest BCUT2D eigenvalue weighted by Crippen LogP contribution is 2.19. The van der Waals surface area contributed by atoms with Crippen LogP contribution in [0.4, 0.5) is 5.82 Å². The van der Waals surface area contributed by atoms with Gasteiger partial charge in [-0.3, -0.25) is 4.72 Å². The molecule has 0 spiro atoms. The van der Waals surface area contributed by atoms with Crippen LogP contribution in [0.15, 0.2) is 53.6 Å². The molecule has 1 aromatic heterocycles. The Morgan fingerprint density at radius 1 is 1.15 bits per heavy atom. The van der Waals surface area contributed by atoms with Gasteiger partial charge in [0.2, 0.25) is 0 Å². The van der Waals surface area contributed by atoms with Crippen molar-refractivity contribution in [3.8, 4) is 0 Å². The number of aromatic nitrogens is 1. The van der Waals surface area contributed by atoms with Gasteiger partial charge in [-0.15, -0.1) is 0 Å². The molecule has 0 saturated carbocycles. The first-order chi connectivity index (χ1) is 9.54. The standard InChI is InChI=1S/C13H12N2O4S/c1-19-13(16)10-6-2-3-7-11(10)20(17,18)15-12-8-4-5-9-14-12/h2-9H,1H3,(H,14,15). The van der Waals surface area contributed by atoms with Gasteiger partial charge in [0, 0.05) is 6.20 Å². The first-order valence-corrected chi connectivity index (χ1v) is 7.14. The van der Waals surface area contributed by atoms with Crippen LogP contribution in [-0.2, 0) is 14.8 Å². The fourth-order valence-electron chi connectivity index (χ4n) is 1.60. The van der Waals surface area contributed by atoms with Gasteiger partial charge in [-0.2, -0.15) is 0 Å². The van der Waals surface area contributed by atoms with Gasteiger partial charge in [-0.1, -0.05) is 18.2 Å². The van der Waals surface area contributed by atoms with Crippen LogP contribution in [-0.4, -0.2) is 26.5 Å². The minimum Gasteiger partial charge on any atom is -0.465 e. The lowest BCUT2D eigenvalue weighted by Gasteiger charge is -2.10. The Morgan fingerprint density at radius 3 is 2.50 bits per heavy atom. The average Bonchev–Trinajstić information content (AvgIpc) is 2.47. The summed E-state index contributed by atoms with van der Waals surface area (Å²) in [4.78, 5) is 15.3. The van der Waals surface area contributed by atoms with Gasteiger partial charge in [0.05, 0.1) is 12.7 Å². The first-order valence-electron chi connectivity index (χ1n) is 5.66. The molecular weight excluding hydrogens is 280 g/mol. The topological polar surface area (TPSA) is 85.4 Å². The molecule has 0 fully saturated rings. The third-order valence-corrected chi connectivity index (χ3v) is 3.90. The minimum atomic E-state index is -3.91. The summed E-state index contributed by atoms with van der Waals surface area (Å²) in [6.07, 6.45) is 1.46. The molecule has 0 bridgehead atoms. The van der Waals surface area contributed by atoms with E-state index in [1.165, 1.54) is 37.6 Å². The van der Waals surface area contributed by atoms with Crippen LogP contribution in [0.1, 0.15) is 10.4 Å². The van der Waals surface area contributed by atoms with Crippen molar-refractivity contribution in [1.29, 1.82) is 0 Å². The van der Waals surface area contributed by atoms with Crippen LogP contribution in [0.25, 0.3) is 0 Å². The Kier molecular flexibility index (Phi) is 3.99. The van der Waals surface area contributed by atoms with Crippen LogP contribution in [0.3, 0.4) is 0 Å². The number of hydrogen-bond donors (Lipinski definition) is 1. The van der Waals surface area contributed by atoms with E-state index in [4.69, 9.17) is 0 Å². The van der Waals surface area contributed by atoms with E-state index < -0.39 is 16.0 Å². The van der Waals surface area contributed by atoms with Crippen molar-refractivity contribution >= 4 is 21.8 Å². The highest BCUT2D eigenvalue weighted by Gasteiger charge is 2.22. The Hall–Kier alpha value is -2.41. The second-order valence-electron chi connectivity index (χ2n) is 3.81. The molecule has 0 aliphatic carbocycles. The molecule has 6 nitrogen and oxygen atoms in total. The summed E-state index contributed by atoms with van der Waals surface area (Å²) in [7, 11) is -2.72. The predicted octanol–water partition coefficient (Wildman–Crippen LogP) is 1.67. The number of carbonyl (C=O) groups is 1. The molecule has 0 aliphatic heterocycles. The molecule has 7 heteroatoms. The zero-order valence-corrected chi connectivity index (χ0v) is 11.4. The van der Waals surface area contributed by atoms with E-state index >= 15 is 0 Å². The number of nitrogens with one attached hydrogen (secondary N) is 1. The van der Waals surface area contributed by atoms with E-state index in [-0.39, 0.29) is 16.3 Å². The maximum absolute atomic E-state index is 12.3. The number of benzene rings is 1. The molecule has 104 valence electrons. The largest absolute Gasteiger partial charge is 0.465 e. The van der Waals surface area contributed by atoms with Crippen LogP contribution in [0.5, 0.6) is 0 Å². The lowest BCUT2D eigenvalue weighted by molar-refractivity contribution is 0.0596. The summed E-state index contributed by atoms with van der Waals surface area (Å²) < 4.78 is 31.5. The molecular formula is C13H12N2O4S. The molecule has 0 saturated heterocycles. The summed E-state index contributed by atoms with van der Waals surface area (Å²) in [6, 6.07) is 10.6. The molecule has 1 aromatic carbocycles. The number of esters is 1. The number of sulfonamides is 1. The smallest absolute Gasteiger partial charge is 0.339 e. The number of hydrogen-bond acceptors (Lipinski definition) is 5. The highest BCUT2D eigenvalue weighted by molar-refractivity contribution is 7.92. The third kappa shape index (κ3) is 2.94. The van der Waals surface area contributed by atoms with Crippen LogP contribution >= 0.6 is 0 Å². The summed E-state index contributed by atoms with van der Waals surface area (Å²) in [6.45, 7) is 0. The summed E-state index contributed by atoms with van der Waals surface area (Å²) in [5, 5.41) is 0. The Labute approximate surface area is 116 Å². The second-order valence-corrected chi connectivity index (χ2v) is 5.46. The Bertz CT molecular complexity index is 714. The van der Waals surface area contributed by atoms with Crippen molar-refractivity contribution in [2.24, 2.45) is 0 Å². The molecule has 2 rings (SSSR count). The number of pyridine rings is 1. The zero-order chi connectivity index (χ0) is 14.6. The quantitative estimate of drug-likeness (QED) is 0.866. The SMILES string of the molecule is COC(=O)c1ccccc1S(=O)(=O)Nc1ccccn1. The predicted molar refractivity (Wildman–Crippen MR) is 72.8 cm³/mol. The lowest BCUT2D eigenvalue weighted by atomic mass is 10.2. The van der Waals surface area contributed by atoms with Crippen molar-refractivity contribution in [3.05, 3.63) is 54.2 Å². The highest BCUT2D eigenvalue weighted by atomic mass is 32.2. The Balaban J connectivity index is 2.42. The van der Waals surface area contributed by atoms with Gasteiger partial charge >= 0.3 is 5.97 Å². The van der Waals surface area contributed by atoms with E-state index in [1.54, 1.807) is 18.2 Å². The van der Waals surface area contributed by atoms with Crippen molar-refractivity contribution < 1.29 is 17.9 Å². The van der Waals surface area contributed by atoms with E-state index in [2.05, 4.69) is 14.4 Å². The normalized spacial score (nSPS) is 10.8. The van der Waals surface area contributed by atoms with Gasteiger partial charge in [0.1, 0.15) is 10.7 Å². The number of ether oxygens (including phenoxy) is 1. The number of carbonyl (C=O) groups excluding carboxylic acids is 1. The fourth-order valence-corrected chi connectivity index (χ4v) is 2.80. The Morgan fingerprint density at radius 2 is 1.85 bits per heavy atom. The average molecular weight is 292 g/mol. The van der Waals surface area contributed by atoms with E-state index in [0.29, 0.717) is 0 Å². The second kappa shape index (κ2) is 5.70. The van der Waals surface area contributed by atoms with Crippen LogP contribution in [0.2, 0.25) is 0 Å². The summed E-state index contributed by atoms with van der Waals surface area (Å²) in [5.74, 6) is -0.542. The van der Waals surface area contributed by atoms with Crippen LogP contribution < -0.4 is 4.72 Å². The van der Waals surface area contributed by atoms with E-state index in [1.807, 2.05) is 0 Å². The number of methoxy groups -OCH3 is 1. The fraction of sp³-hybridized carbons (Fsp3) is 0.0769.